The lowest BCUT2D eigenvalue weighted by atomic mass is 10.1. The number of hydrogen-bond acceptors (Lipinski definition) is 2. The summed E-state index contributed by atoms with van der Waals surface area (Å²) in [7, 11) is 1.77. The van der Waals surface area contributed by atoms with Gasteiger partial charge in [0.2, 0.25) is 5.69 Å². The van der Waals surface area contributed by atoms with E-state index >= 15 is 0 Å². The van der Waals surface area contributed by atoms with E-state index in [9.17, 15) is 0 Å². The highest BCUT2D eigenvalue weighted by molar-refractivity contribution is 5.32. The second-order valence-corrected chi connectivity index (χ2v) is 2.57. The molecule has 0 saturated heterocycles. The molecule has 0 aromatic carbocycles. The summed E-state index contributed by atoms with van der Waals surface area (Å²) < 4.78 is 6.23. The number of aromatic nitrogens is 2. The van der Waals surface area contributed by atoms with Crippen LogP contribution in [0.2, 0.25) is 0 Å². The normalized spacial score (nSPS) is 10.8. The first-order valence-electron chi connectivity index (χ1n) is 3.20. The Balaban J connectivity index is 3.10. The second kappa shape index (κ2) is 2.28. The molecule has 0 radical (unpaired) electrons. The number of nitrogens with one attached hydrogen (secondary N) is 1. The molecule has 56 valence electrons. The summed E-state index contributed by atoms with van der Waals surface area (Å²) in [6, 6.07) is 0. The molecule has 4 nitrogen and oxygen atoms in total. The van der Waals surface area contributed by atoms with Crippen molar-refractivity contribution < 1.29 is 9.20 Å². The van der Waals surface area contributed by atoms with Gasteiger partial charge in [0, 0.05) is 5.92 Å². The van der Waals surface area contributed by atoms with E-state index < -0.39 is 0 Å². The van der Waals surface area contributed by atoms with Gasteiger partial charge in [0.1, 0.15) is 5.88 Å². The molecule has 0 fully saturated rings. The van der Waals surface area contributed by atoms with Crippen LogP contribution in [0.5, 0.6) is 0 Å². The monoisotopic (exact) mass is 141 g/mol. The van der Waals surface area contributed by atoms with Crippen molar-refractivity contribution in [2.75, 3.05) is 0 Å². The van der Waals surface area contributed by atoms with Crippen molar-refractivity contribution in [1.29, 1.82) is 0 Å². The molecule has 10 heavy (non-hydrogen) atoms. The van der Waals surface area contributed by atoms with Crippen LogP contribution in [0.15, 0.2) is 4.52 Å². The first kappa shape index (κ1) is 7.05. The van der Waals surface area contributed by atoms with Crippen LogP contribution < -0.4 is 4.68 Å². The SMILES string of the molecule is CC(C)c1c([NH-])on[n+]1C. The van der Waals surface area contributed by atoms with Gasteiger partial charge in [-0.05, 0) is 0 Å². The van der Waals surface area contributed by atoms with Crippen LogP contribution in [0.4, 0.5) is 5.88 Å². The largest absolute Gasteiger partial charge is 0.660 e. The molecule has 1 rings (SSSR count). The van der Waals surface area contributed by atoms with Crippen LogP contribution in [0.1, 0.15) is 25.5 Å². The molecule has 0 bridgehead atoms. The highest BCUT2D eigenvalue weighted by atomic mass is 16.5. The Morgan fingerprint density at radius 3 is 2.40 bits per heavy atom. The maximum absolute atomic E-state index is 7.27. The third-order valence-corrected chi connectivity index (χ3v) is 1.38. The van der Waals surface area contributed by atoms with Gasteiger partial charge >= 0.3 is 0 Å². The van der Waals surface area contributed by atoms with Gasteiger partial charge in [-0.2, -0.15) is 0 Å². The van der Waals surface area contributed by atoms with Crippen LogP contribution >= 0.6 is 0 Å². The third-order valence-electron chi connectivity index (χ3n) is 1.38. The molecule has 0 atom stereocenters. The minimum atomic E-state index is 0.164. The Bertz CT molecular complexity index is 209. The Labute approximate surface area is 59.6 Å². The molecule has 0 unspecified atom stereocenters. The standard InChI is InChI=1S/C6H11N3O/c1-4(2)5-6(7)10-8-9(5)3/h4,7H,1-3H3. The number of hydrogen-bond donors (Lipinski definition) is 0. The van der Waals surface area contributed by atoms with Crippen molar-refractivity contribution >= 4 is 5.88 Å². The third kappa shape index (κ3) is 0.964. The molecule has 0 aliphatic rings. The fourth-order valence-corrected chi connectivity index (χ4v) is 0.976. The summed E-state index contributed by atoms with van der Waals surface area (Å²) in [4.78, 5) is 0. The van der Waals surface area contributed by atoms with Gasteiger partial charge in [0.05, 0.1) is 0 Å². The molecule has 1 aromatic rings. The molecule has 1 N–H and O–H groups in total. The topological polar surface area (TPSA) is 53.7 Å². The van der Waals surface area contributed by atoms with Crippen LogP contribution in [0, 0.1) is 0 Å². The van der Waals surface area contributed by atoms with Crippen LogP contribution in [-0.2, 0) is 7.05 Å². The highest BCUT2D eigenvalue weighted by Gasteiger charge is 2.16. The molecule has 0 saturated carbocycles. The van der Waals surface area contributed by atoms with Gasteiger partial charge < -0.3 is 10.3 Å². The Morgan fingerprint density at radius 1 is 1.60 bits per heavy atom. The average Bonchev–Trinajstić information content (AvgIpc) is 2.11. The van der Waals surface area contributed by atoms with Crippen LogP contribution in [0.3, 0.4) is 0 Å². The minimum absolute atomic E-state index is 0.164. The van der Waals surface area contributed by atoms with Crippen molar-refractivity contribution in [2.24, 2.45) is 7.05 Å². The van der Waals surface area contributed by atoms with E-state index in [1.54, 1.807) is 11.7 Å². The molecule has 0 spiro atoms. The molecule has 4 heteroatoms. The summed E-state index contributed by atoms with van der Waals surface area (Å²) in [5, 5.41) is 3.59. The summed E-state index contributed by atoms with van der Waals surface area (Å²) >= 11 is 0. The van der Waals surface area contributed by atoms with Crippen molar-refractivity contribution in [2.45, 2.75) is 19.8 Å². The summed E-state index contributed by atoms with van der Waals surface area (Å²) in [6.07, 6.45) is 0. The van der Waals surface area contributed by atoms with E-state index in [1.165, 1.54) is 0 Å². The van der Waals surface area contributed by atoms with E-state index in [-0.39, 0.29) is 5.88 Å². The van der Waals surface area contributed by atoms with Crippen molar-refractivity contribution in [1.82, 2.24) is 5.27 Å². The summed E-state index contributed by atoms with van der Waals surface area (Å²) in [6.45, 7) is 4.01. The van der Waals surface area contributed by atoms with Gasteiger partial charge in [-0.3, -0.25) is 0 Å². The Morgan fingerprint density at radius 2 is 2.20 bits per heavy atom. The van der Waals surface area contributed by atoms with Crippen molar-refractivity contribution in [3.63, 3.8) is 0 Å². The predicted molar refractivity (Wildman–Crippen MR) is 35.7 cm³/mol. The lowest BCUT2D eigenvalue weighted by molar-refractivity contribution is -0.746. The zero-order chi connectivity index (χ0) is 7.72. The molecule has 0 amide bonds. The first-order valence-corrected chi connectivity index (χ1v) is 3.20. The molecule has 0 aliphatic carbocycles. The number of aryl methyl sites for hydroxylation is 1. The minimum Gasteiger partial charge on any atom is -0.660 e. The molecule has 1 heterocycles. The van der Waals surface area contributed by atoms with E-state index in [1.807, 2.05) is 13.8 Å². The quantitative estimate of drug-likeness (QED) is 0.553. The summed E-state index contributed by atoms with van der Waals surface area (Å²) in [5.74, 6) is 0.459. The molecule has 1 aromatic heterocycles. The summed E-state index contributed by atoms with van der Waals surface area (Å²) in [5.41, 5.74) is 8.11. The fraction of sp³-hybridized carbons (Fsp3) is 0.667. The number of rotatable bonds is 1. The Kier molecular flexibility index (Phi) is 1.61. The Hall–Kier alpha value is -1.06. The maximum Gasteiger partial charge on any atom is 0.236 e. The van der Waals surface area contributed by atoms with Gasteiger partial charge in [-0.25, -0.2) is 0 Å². The molecular formula is C6H11N3O. The van der Waals surface area contributed by atoms with Crippen molar-refractivity contribution in [3.05, 3.63) is 11.4 Å². The molecular weight excluding hydrogens is 130 g/mol. The van der Waals surface area contributed by atoms with Crippen LogP contribution in [0.25, 0.3) is 5.73 Å². The van der Waals surface area contributed by atoms with E-state index in [4.69, 9.17) is 5.73 Å². The van der Waals surface area contributed by atoms with E-state index in [2.05, 4.69) is 9.79 Å². The smallest absolute Gasteiger partial charge is 0.236 e. The molecule has 0 aliphatic heterocycles. The van der Waals surface area contributed by atoms with Gasteiger partial charge in [0.25, 0.3) is 0 Å². The van der Waals surface area contributed by atoms with Gasteiger partial charge in [-0.1, -0.05) is 18.5 Å². The lowest BCUT2D eigenvalue weighted by Gasteiger charge is -1.97. The van der Waals surface area contributed by atoms with Gasteiger partial charge in [-0.15, -0.1) is 0 Å². The average molecular weight is 141 g/mol. The van der Waals surface area contributed by atoms with Gasteiger partial charge in [0.15, 0.2) is 12.3 Å². The van der Waals surface area contributed by atoms with E-state index in [0.29, 0.717) is 5.92 Å². The number of nitrogens with zero attached hydrogens (tertiary/aromatic N) is 2. The maximum atomic E-state index is 7.27. The van der Waals surface area contributed by atoms with Crippen molar-refractivity contribution in [3.8, 4) is 0 Å². The zero-order valence-corrected chi connectivity index (χ0v) is 6.38. The van der Waals surface area contributed by atoms with E-state index in [0.717, 1.165) is 5.69 Å². The van der Waals surface area contributed by atoms with Crippen LogP contribution in [-0.4, -0.2) is 5.27 Å². The highest BCUT2D eigenvalue weighted by Crippen LogP contribution is 2.20. The lowest BCUT2D eigenvalue weighted by Crippen LogP contribution is -2.34. The predicted octanol–water partition coefficient (Wildman–Crippen LogP) is 1.31. The fourth-order valence-electron chi connectivity index (χ4n) is 0.976. The zero-order valence-electron chi connectivity index (χ0n) is 6.38. The first-order chi connectivity index (χ1) is 4.63. The second-order valence-electron chi connectivity index (χ2n) is 2.57.